The number of morpholine rings is 1. The summed E-state index contributed by atoms with van der Waals surface area (Å²) in [5.74, 6) is 0.950. The molecule has 0 spiro atoms. The first-order valence-electron chi connectivity index (χ1n) is 7.40. The minimum absolute atomic E-state index is 0.0961. The predicted molar refractivity (Wildman–Crippen MR) is 80.9 cm³/mol. The van der Waals surface area contributed by atoms with Crippen LogP contribution >= 0.6 is 0 Å². The van der Waals surface area contributed by atoms with Crippen LogP contribution in [0.5, 0.6) is 0 Å². The van der Waals surface area contributed by atoms with Crippen molar-refractivity contribution < 1.29 is 4.74 Å². The highest BCUT2D eigenvalue weighted by molar-refractivity contribution is 5.36. The second kappa shape index (κ2) is 6.50. The van der Waals surface area contributed by atoms with E-state index in [2.05, 4.69) is 47.9 Å². The minimum Gasteiger partial charge on any atom is -0.375 e. The molecule has 1 unspecified atom stereocenters. The number of ether oxygens (including phenoxy) is 1. The van der Waals surface area contributed by atoms with Gasteiger partial charge in [-0.2, -0.15) is 0 Å². The van der Waals surface area contributed by atoms with E-state index in [9.17, 15) is 0 Å². The molecule has 1 atom stereocenters. The number of anilines is 1. The standard InChI is InChI=1S/C15H26N4O/c1-5-13-11-19(6-7-20-13)14-10-16-12(8-17-14)9-18-15(2,3)4/h8,10,13,18H,5-7,9,11H2,1-4H3. The number of rotatable bonds is 4. The van der Waals surface area contributed by atoms with E-state index >= 15 is 0 Å². The molecule has 0 bridgehead atoms. The highest BCUT2D eigenvalue weighted by Crippen LogP contribution is 2.15. The fourth-order valence-electron chi connectivity index (χ4n) is 2.13. The average Bonchev–Trinajstić information content (AvgIpc) is 2.45. The van der Waals surface area contributed by atoms with E-state index in [1.807, 2.05) is 12.4 Å². The van der Waals surface area contributed by atoms with Gasteiger partial charge in [0.15, 0.2) is 0 Å². The molecule has 112 valence electrons. The van der Waals surface area contributed by atoms with Gasteiger partial charge < -0.3 is 15.0 Å². The lowest BCUT2D eigenvalue weighted by atomic mass is 10.1. The smallest absolute Gasteiger partial charge is 0.147 e. The van der Waals surface area contributed by atoms with Crippen molar-refractivity contribution in [3.05, 3.63) is 18.1 Å². The van der Waals surface area contributed by atoms with Gasteiger partial charge in [-0.1, -0.05) is 6.92 Å². The zero-order valence-electron chi connectivity index (χ0n) is 13.0. The van der Waals surface area contributed by atoms with Gasteiger partial charge in [0.05, 0.1) is 30.8 Å². The topological polar surface area (TPSA) is 50.3 Å². The number of nitrogens with one attached hydrogen (secondary N) is 1. The van der Waals surface area contributed by atoms with E-state index in [0.717, 1.165) is 44.2 Å². The molecule has 1 N–H and O–H groups in total. The highest BCUT2D eigenvalue weighted by atomic mass is 16.5. The Morgan fingerprint density at radius 1 is 1.35 bits per heavy atom. The average molecular weight is 278 g/mol. The molecule has 0 amide bonds. The Bertz CT molecular complexity index is 413. The fraction of sp³-hybridized carbons (Fsp3) is 0.733. The summed E-state index contributed by atoms with van der Waals surface area (Å²) in [4.78, 5) is 11.3. The van der Waals surface area contributed by atoms with Gasteiger partial charge in [0.25, 0.3) is 0 Å². The third-order valence-corrected chi connectivity index (χ3v) is 3.41. The van der Waals surface area contributed by atoms with Crippen molar-refractivity contribution in [2.75, 3.05) is 24.6 Å². The molecule has 0 aliphatic carbocycles. The molecule has 1 aromatic heterocycles. The summed E-state index contributed by atoms with van der Waals surface area (Å²) in [5, 5.41) is 3.42. The summed E-state index contributed by atoms with van der Waals surface area (Å²) in [5.41, 5.74) is 1.07. The van der Waals surface area contributed by atoms with E-state index < -0.39 is 0 Å². The lowest BCUT2D eigenvalue weighted by molar-refractivity contribution is 0.0381. The van der Waals surface area contributed by atoms with Gasteiger partial charge in [0.1, 0.15) is 5.82 Å². The van der Waals surface area contributed by atoms with Crippen LogP contribution in [0.2, 0.25) is 0 Å². The van der Waals surface area contributed by atoms with Crippen molar-refractivity contribution in [3.63, 3.8) is 0 Å². The SMILES string of the molecule is CCC1CN(c2cnc(CNC(C)(C)C)cn2)CCO1. The maximum Gasteiger partial charge on any atom is 0.147 e. The molecule has 20 heavy (non-hydrogen) atoms. The highest BCUT2D eigenvalue weighted by Gasteiger charge is 2.20. The van der Waals surface area contributed by atoms with E-state index in [4.69, 9.17) is 4.74 Å². The molecule has 0 saturated carbocycles. The van der Waals surface area contributed by atoms with Crippen LogP contribution in [0.4, 0.5) is 5.82 Å². The van der Waals surface area contributed by atoms with Crippen LogP contribution in [0.1, 0.15) is 39.8 Å². The summed E-state index contributed by atoms with van der Waals surface area (Å²) in [7, 11) is 0. The van der Waals surface area contributed by atoms with E-state index in [-0.39, 0.29) is 5.54 Å². The first-order chi connectivity index (χ1) is 9.48. The van der Waals surface area contributed by atoms with Crippen molar-refractivity contribution in [3.8, 4) is 0 Å². The first-order valence-corrected chi connectivity index (χ1v) is 7.40. The first kappa shape index (κ1) is 15.2. The largest absolute Gasteiger partial charge is 0.375 e. The van der Waals surface area contributed by atoms with Crippen LogP contribution in [0.15, 0.2) is 12.4 Å². The minimum atomic E-state index is 0.0961. The summed E-state index contributed by atoms with van der Waals surface area (Å²) in [6, 6.07) is 0. The van der Waals surface area contributed by atoms with Crippen LogP contribution in [0.3, 0.4) is 0 Å². The molecule has 2 rings (SSSR count). The molecule has 1 aromatic rings. The molecule has 0 aromatic carbocycles. The Morgan fingerprint density at radius 3 is 2.75 bits per heavy atom. The van der Waals surface area contributed by atoms with Crippen LogP contribution in [0.25, 0.3) is 0 Å². The van der Waals surface area contributed by atoms with Gasteiger partial charge in [-0.25, -0.2) is 4.98 Å². The number of hydrogen-bond donors (Lipinski definition) is 1. The number of aromatic nitrogens is 2. The Labute approximate surface area is 121 Å². The summed E-state index contributed by atoms with van der Waals surface area (Å²) >= 11 is 0. The summed E-state index contributed by atoms with van der Waals surface area (Å²) < 4.78 is 5.68. The van der Waals surface area contributed by atoms with E-state index in [1.54, 1.807) is 0 Å². The Morgan fingerprint density at radius 2 is 2.15 bits per heavy atom. The lowest BCUT2D eigenvalue weighted by Gasteiger charge is -2.33. The van der Waals surface area contributed by atoms with Crippen molar-refractivity contribution >= 4 is 5.82 Å². The monoisotopic (exact) mass is 278 g/mol. The van der Waals surface area contributed by atoms with E-state index in [0.29, 0.717) is 6.10 Å². The van der Waals surface area contributed by atoms with Gasteiger partial charge in [0.2, 0.25) is 0 Å². The van der Waals surface area contributed by atoms with Crippen molar-refractivity contribution in [1.82, 2.24) is 15.3 Å². The van der Waals surface area contributed by atoms with E-state index in [1.165, 1.54) is 0 Å². The zero-order valence-corrected chi connectivity index (χ0v) is 13.0. The van der Waals surface area contributed by atoms with Gasteiger partial charge in [-0.05, 0) is 27.2 Å². The van der Waals surface area contributed by atoms with Gasteiger partial charge in [-0.3, -0.25) is 4.98 Å². The molecule has 1 aliphatic rings. The quantitative estimate of drug-likeness (QED) is 0.912. The summed E-state index contributed by atoms with van der Waals surface area (Å²) in [6.07, 6.45) is 5.09. The van der Waals surface area contributed by atoms with Gasteiger partial charge in [-0.15, -0.1) is 0 Å². The molecule has 5 nitrogen and oxygen atoms in total. The number of hydrogen-bond acceptors (Lipinski definition) is 5. The third-order valence-electron chi connectivity index (χ3n) is 3.41. The lowest BCUT2D eigenvalue weighted by Crippen LogP contribution is -2.42. The second-order valence-corrected chi connectivity index (χ2v) is 6.32. The maximum absolute atomic E-state index is 5.68. The molecule has 2 heterocycles. The molecular formula is C15H26N4O. The molecule has 1 fully saturated rings. The summed E-state index contributed by atoms with van der Waals surface area (Å²) in [6.45, 7) is 11.9. The normalized spacial score (nSPS) is 20.2. The Hall–Kier alpha value is -1.20. The van der Waals surface area contributed by atoms with Crippen LogP contribution in [0, 0.1) is 0 Å². The molecule has 1 saturated heterocycles. The Balaban J connectivity index is 1.94. The van der Waals surface area contributed by atoms with Gasteiger partial charge in [0, 0.05) is 25.2 Å². The molecule has 5 heteroatoms. The fourth-order valence-corrected chi connectivity index (χ4v) is 2.13. The van der Waals surface area contributed by atoms with Crippen molar-refractivity contribution in [2.45, 2.75) is 52.3 Å². The molecule has 0 radical (unpaired) electrons. The van der Waals surface area contributed by atoms with Crippen molar-refractivity contribution in [2.24, 2.45) is 0 Å². The zero-order chi connectivity index (χ0) is 14.6. The van der Waals surface area contributed by atoms with Crippen LogP contribution < -0.4 is 10.2 Å². The van der Waals surface area contributed by atoms with Crippen LogP contribution in [-0.2, 0) is 11.3 Å². The molecular weight excluding hydrogens is 252 g/mol. The number of nitrogens with zero attached hydrogens (tertiary/aromatic N) is 3. The third kappa shape index (κ3) is 4.42. The second-order valence-electron chi connectivity index (χ2n) is 6.32. The molecule has 1 aliphatic heterocycles. The van der Waals surface area contributed by atoms with Crippen LogP contribution in [-0.4, -0.2) is 41.3 Å². The van der Waals surface area contributed by atoms with Gasteiger partial charge >= 0.3 is 0 Å². The predicted octanol–water partition coefficient (Wildman–Crippen LogP) is 1.98. The maximum atomic E-state index is 5.68. The van der Waals surface area contributed by atoms with Crippen molar-refractivity contribution in [1.29, 1.82) is 0 Å². The Kier molecular flexibility index (Phi) is 4.94.